The Morgan fingerprint density at radius 2 is 1.96 bits per heavy atom. The second-order valence-corrected chi connectivity index (χ2v) is 6.85. The first-order chi connectivity index (χ1) is 12.1. The Kier molecular flexibility index (Phi) is 4.24. The first kappa shape index (κ1) is 16.2. The molecule has 1 saturated heterocycles. The van der Waals surface area contributed by atoms with Crippen LogP contribution in [-0.4, -0.2) is 23.1 Å². The smallest absolute Gasteiger partial charge is 0.200 e. The maximum absolute atomic E-state index is 12.9. The number of fused-ring (bicyclic) bond motifs is 1. The summed E-state index contributed by atoms with van der Waals surface area (Å²) in [6.45, 7) is 2.59. The summed E-state index contributed by atoms with van der Waals surface area (Å²) < 4.78 is 5.81. The number of benzene rings is 2. The van der Waals surface area contributed by atoms with Crippen molar-refractivity contribution >= 4 is 22.6 Å². The van der Waals surface area contributed by atoms with Crippen LogP contribution in [0, 0.1) is 0 Å². The molecule has 1 fully saturated rings. The van der Waals surface area contributed by atoms with E-state index in [0.29, 0.717) is 33.7 Å². The van der Waals surface area contributed by atoms with Gasteiger partial charge in [0, 0.05) is 11.6 Å². The van der Waals surface area contributed by atoms with Gasteiger partial charge < -0.3 is 9.52 Å². The maximum atomic E-state index is 12.9. The van der Waals surface area contributed by atoms with E-state index in [1.165, 1.54) is 6.26 Å². The van der Waals surface area contributed by atoms with Gasteiger partial charge in [-0.1, -0.05) is 23.7 Å². The monoisotopic (exact) mass is 355 g/mol. The van der Waals surface area contributed by atoms with Crippen molar-refractivity contribution in [2.75, 3.05) is 13.1 Å². The van der Waals surface area contributed by atoms with Gasteiger partial charge in [0.1, 0.15) is 17.6 Å². The van der Waals surface area contributed by atoms with Crippen LogP contribution in [0.1, 0.15) is 18.4 Å². The van der Waals surface area contributed by atoms with E-state index in [0.717, 1.165) is 31.5 Å². The zero-order valence-corrected chi connectivity index (χ0v) is 14.4. The van der Waals surface area contributed by atoms with Crippen molar-refractivity contribution in [2.24, 2.45) is 0 Å². The molecule has 128 valence electrons. The minimum absolute atomic E-state index is 0.119. The predicted molar refractivity (Wildman–Crippen MR) is 99.1 cm³/mol. The molecule has 0 amide bonds. The number of aromatic hydroxyl groups is 1. The van der Waals surface area contributed by atoms with Gasteiger partial charge in [-0.05, 0) is 55.8 Å². The molecule has 1 N–H and O–H groups in total. The number of rotatable bonds is 3. The Bertz CT molecular complexity index is 990. The SMILES string of the molecule is O=c1c(-c2cccc(Cl)c2)coc2c(CN3CCCC3)c(O)ccc12. The van der Waals surface area contributed by atoms with Gasteiger partial charge in [0.15, 0.2) is 0 Å². The zero-order valence-electron chi connectivity index (χ0n) is 13.7. The molecule has 4 rings (SSSR count). The topological polar surface area (TPSA) is 53.7 Å². The predicted octanol–water partition coefficient (Wildman–Crippen LogP) is 4.41. The third-order valence-electron chi connectivity index (χ3n) is 4.74. The van der Waals surface area contributed by atoms with Crippen molar-refractivity contribution < 1.29 is 9.52 Å². The molecule has 1 aromatic heterocycles. The van der Waals surface area contributed by atoms with Crippen LogP contribution in [0.4, 0.5) is 0 Å². The Morgan fingerprint density at radius 1 is 1.16 bits per heavy atom. The van der Waals surface area contributed by atoms with Gasteiger partial charge in [-0.2, -0.15) is 0 Å². The van der Waals surface area contributed by atoms with E-state index >= 15 is 0 Å². The van der Waals surface area contributed by atoms with Crippen LogP contribution in [0.3, 0.4) is 0 Å². The average Bonchev–Trinajstić information content (AvgIpc) is 3.11. The van der Waals surface area contributed by atoms with Crippen molar-refractivity contribution in [1.29, 1.82) is 0 Å². The Hall–Kier alpha value is -2.30. The summed E-state index contributed by atoms with van der Waals surface area (Å²) >= 11 is 6.04. The lowest BCUT2D eigenvalue weighted by molar-refractivity contribution is 0.323. The highest BCUT2D eigenvalue weighted by Gasteiger charge is 2.19. The number of likely N-dealkylation sites (tertiary alicyclic amines) is 1. The van der Waals surface area contributed by atoms with Gasteiger partial charge in [-0.25, -0.2) is 0 Å². The quantitative estimate of drug-likeness (QED) is 0.755. The van der Waals surface area contributed by atoms with Crippen LogP contribution < -0.4 is 5.43 Å². The highest BCUT2D eigenvalue weighted by atomic mass is 35.5. The standard InChI is InChI=1S/C20H18ClNO3/c21-14-5-3-4-13(10-14)17-12-25-20-15(19(17)24)6-7-18(23)16(20)11-22-8-1-2-9-22/h3-7,10,12,23H,1-2,8-9,11H2. The summed E-state index contributed by atoms with van der Waals surface area (Å²) in [5.41, 5.74) is 2.20. The normalized spacial score (nSPS) is 15.1. The Morgan fingerprint density at radius 3 is 2.72 bits per heavy atom. The second kappa shape index (κ2) is 6.54. The minimum Gasteiger partial charge on any atom is -0.507 e. The van der Waals surface area contributed by atoms with E-state index in [2.05, 4.69) is 4.90 Å². The lowest BCUT2D eigenvalue weighted by Crippen LogP contribution is -2.19. The molecule has 0 bridgehead atoms. The van der Waals surface area contributed by atoms with Gasteiger partial charge in [-0.3, -0.25) is 9.69 Å². The van der Waals surface area contributed by atoms with Crippen molar-refractivity contribution in [1.82, 2.24) is 4.90 Å². The molecule has 25 heavy (non-hydrogen) atoms. The molecule has 3 aromatic rings. The fraction of sp³-hybridized carbons (Fsp3) is 0.250. The van der Waals surface area contributed by atoms with Crippen molar-refractivity contribution in [2.45, 2.75) is 19.4 Å². The highest BCUT2D eigenvalue weighted by Crippen LogP contribution is 2.30. The van der Waals surface area contributed by atoms with Gasteiger partial charge in [0.2, 0.25) is 5.43 Å². The third kappa shape index (κ3) is 3.03. The van der Waals surface area contributed by atoms with Crippen LogP contribution in [-0.2, 0) is 6.54 Å². The largest absolute Gasteiger partial charge is 0.507 e. The van der Waals surface area contributed by atoms with Gasteiger partial charge in [-0.15, -0.1) is 0 Å². The third-order valence-corrected chi connectivity index (χ3v) is 4.97. The van der Waals surface area contributed by atoms with Crippen LogP contribution in [0.25, 0.3) is 22.1 Å². The summed E-state index contributed by atoms with van der Waals surface area (Å²) in [5.74, 6) is 0.165. The maximum Gasteiger partial charge on any atom is 0.200 e. The minimum atomic E-state index is -0.119. The van der Waals surface area contributed by atoms with Gasteiger partial charge >= 0.3 is 0 Å². The number of halogens is 1. The molecular weight excluding hydrogens is 338 g/mol. The first-order valence-corrected chi connectivity index (χ1v) is 8.76. The summed E-state index contributed by atoms with van der Waals surface area (Å²) in [6.07, 6.45) is 3.78. The van der Waals surface area contributed by atoms with E-state index in [-0.39, 0.29) is 11.2 Å². The summed E-state index contributed by atoms with van der Waals surface area (Å²) in [4.78, 5) is 15.2. The molecule has 0 saturated carbocycles. The highest BCUT2D eigenvalue weighted by molar-refractivity contribution is 6.30. The van der Waals surface area contributed by atoms with Crippen molar-refractivity contribution in [3.63, 3.8) is 0 Å². The van der Waals surface area contributed by atoms with E-state index in [1.54, 1.807) is 30.3 Å². The number of hydrogen-bond donors (Lipinski definition) is 1. The van der Waals surface area contributed by atoms with Crippen molar-refractivity contribution in [3.8, 4) is 16.9 Å². The molecular formula is C20H18ClNO3. The molecule has 0 aliphatic carbocycles. The molecule has 0 radical (unpaired) electrons. The molecule has 0 atom stereocenters. The fourth-order valence-corrected chi connectivity index (χ4v) is 3.61. The van der Waals surface area contributed by atoms with Crippen LogP contribution >= 0.6 is 11.6 Å². The number of phenolic OH excluding ortho intramolecular Hbond substituents is 1. The van der Waals surface area contributed by atoms with Gasteiger partial charge in [0.05, 0.1) is 16.5 Å². The zero-order chi connectivity index (χ0) is 17.4. The molecule has 5 heteroatoms. The fourth-order valence-electron chi connectivity index (χ4n) is 3.42. The number of phenols is 1. The van der Waals surface area contributed by atoms with E-state index in [4.69, 9.17) is 16.0 Å². The second-order valence-electron chi connectivity index (χ2n) is 6.41. The van der Waals surface area contributed by atoms with Crippen LogP contribution in [0.2, 0.25) is 5.02 Å². The van der Waals surface area contributed by atoms with E-state index in [1.807, 2.05) is 6.07 Å². The van der Waals surface area contributed by atoms with E-state index < -0.39 is 0 Å². The Balaban J connectivity index is 1.85. The first-order valence-electron chi connectivity index (χ1n) is 8.38. The molecule has 1 aliphatic heterocycles. The molecule has 2 heterocycles. The Labute approximate surface area is 150 Å². The summed E-state index contributed by atoms with van der Waals surface area (Å²) in [6, 6.07) is 10.3. The molecule has 1 aliphatic rings. The lowest BCUT2D eigenvalue weighted by atomic mass is 10.0. The van der Waals surface area contributed by atoms with Crippen LogP contribution in [0.5, 0.6) is 5.75 Å². The molecule has 0 spiro atoms. The molecule has 2 aromatic carbocycles. The van der Waals surface area contributed by atoms with Gasteiger partial charge in [0.25, 0.3) is 0 Å². The molecule has 4 nitrogen and oxygen atoms in total. The van der Waals surface area contributed by atoms with E-state index in [9.17, 15) is 9.90 Å². The average molecular weight is 356 g/mol. The summed E-state index contributed by atoms with van der Waals surface area (Å²) in [5, 5.41) is 11.3. The lowest BCUT2D eigenvalue weighted by Gasteiger charge is -2.16. The number of hydrogen-bond acceptors (Lipinski definition) is 4. The van der Waals surface area contributed by atoms with Crippen molar-refractivity contribution in [3.05, 3.63) is 63.5 Å². The molecule has 0 unspecified atom stereocenters. The summed E-state index contributed by atoms with van der Waals surface area (Å²) in [7, 11) is 0. The number of nitrogens with zero attached hydrogens (tertiary/aromatic N) is 1. The van der Waals surface area contributed by atoms with Crippen LogP contribution in [0.15, 0.2) is 51.9 Å².